The molecule has 1 nitrogen and oxygen atoms in total. The van der Waals surface area contributed by atoms with Crippen LogP contribution in [0.5, 0.6) is 0 Å². The second-order valence-electron chi connectivity index (χ2n) is 4.56. The molecule has 0 N–H and O–H groups in total. The van der Waals surface area contributed by atoms with Crippen LogP contribution in [-0.4, -0.2) is 5.78 Å². The minimum Gasteiger partial charge on any atom is -0.294 e. The fourth-order valence-electron chi connectivity index (χ4n) is 1.51. The van der Waals surface area contributed by atoms with Crippen molar-refractivity contribution in [3.63, 3.8) is 0 Å². The Morgan fingerprint density at radius 2 is 1.88 bits per heavy atom. The normalized spacial score (nSPS) is 13.8. The van der Waals surface area contributed by atoms with Gasteiger partial charge in [-0.05, 0) is 25.8 Å². The second kappa shape index (κ2) is 7.21. The lowest BCUT2D eigenvalue weighted by molar-refractivity contribution is -0.118. The van der Waals surface area contributed by atoms with Gasteiger partial charge in [0.15, 0.2) is 5.78 Å². The van der Waals surface area contributed by atoms with Crippen LogP contribution < -0.4 is 0 Å². The number of hydrogen-bond acceptors (Lipinski definition) is 1. The van der Waals surface area contributed by atoms with Crippen molar-refractivity contribution in [3.8, 4) is 0 Å². The van der Waals surface area contributed by atoms with E-state index in [9.17, 15) is 4.79 Å². The molecule has 0 aromatic heterocycles. The predicted molar refractivity (Wildman–Crippen MR) is 71.4 cm³/mol. The van der Waals surface area contributed by atoms with Gasteiger partial charge in [0.25, 0.3) is 0 Å². The number of hydrogen-bond donors (Lipinski definition) is 0. The van der Waals surface area contributed by atoms with E-state index in [0.29, 0.717) is 0 Å². The minimum absolute atomic E-state index is 0.0376. The van der Waals surface area contributed by atoms with Gasteiger partial charge in [-0.1, -0.05) is 51.5 Å². The highest BCUT2D eigenvalue weighted by atomic mass is 16.1. The van der Waals surface area contributed by atoms with Crippen molar-refractivity contribution in [3.05, 3.63) is 35.5 Å². The van der Waals surface area contributed by atoms with Crippen molar-refractivity contribution in [2.24, 2.45) is 5.92 Å². The fourth-order valence-corrected chi connectivity index (χ4v) is 1.51. The van der Waals surface area contributed by atoms with Crippen LogP contribution in [0.2, 0.25) is 0 Å². The highest BCUT2D eigenvalue weighted by Gasteiger charge is 2.13. The number of Topliss-reactive ketones (excluding diaryl/α,β-unsaturated/α-hetero) is 1. The predicted octanol–water partition coefficient (Wildman–Crippen LogP) is 4.46. The number of allylic oxidation sites excluding steroid dienone is 5. The molecule has 0 saturated heterocycles. The quantitative estimate of drug-likeness (QED) is 0.477. The first-order valence-electron chi connectivity index (χ1n) is 5.98. The van der Waals surface area contributed by atoms with Crippen molar-refractivity contribution < 1.29 is 4.79 Å². The maximum absolute atomic E-state index is 12.0. The van der Waals surface area contributed by atoms with Crippen molar-refractivity contribution in [1.29, 1.82) is 0 Å². The zero-order valence-electron chi connectivity index (χ0n) is 11.3. The van der Waals surface area contributed by atoms with Crippen LogP contribution in [-0.2, 0) is 4.79 Å². The summed E-state index contributed by atoms with van der Waals surface area (Å²) in [6.45, 7) is 13.8. The largest absolute Gasteiger partial charge is 0.294 e. The molecule has 1 heteroatoms. The molecule has 0 fully saturated rings. The number of ketones is 1. The third-order valence-corrected chi connectivity index (χ3v) is 2.56. The van der Waals surface area contributed by atoms with Crippen LogP contribution in [0.4, 0.5) is 0 Å². The maximum atomic E-state index is 12.0. The lowest BCUT2D eigenvalue weighted by atomic mass is 9.94. The summed E-state index contributed by atoms with van der Waals surface area (Å²) in [6, 6.07) is 0. The zero-order valence-corrected chi connectivity index (χ0v) is 11.3. The van der Waals surface area contributed by atoms with Crippen molar-refractivity contribution in [2.45, 2.75) is 47.5 Å². The van der Waals surface area contributed by atoms with Gasteiger partial charge in [-0.25, -0.2) is 0 Å². The third-order valence-electron chi connectivity index (χ3n) is 2.56. The summed E-state index contributed by atoms with van der Waals surface area (Å²) in [5, 5.41) is 0. The Bertz CT molecular complexity index is 316. The van der Waals surface area contributed by atoms with E-state index in [0.717, 1.165) is 24.0 Å². The lowest BCUT2D eigenvalue weighted by Gasteiger charge is -2.09. The van der Waals surface area contributed by atoms with Crippen LogP contribution in [0.25, 0.3) is 0 Å². The molecular formula is C15H24O. The molecule has 0 bridgehead atoms. The number of rotatable bonds is 6. The molecule has 0 aliphatic rings. The second-order valence-corrected chi connectivity index (χ2v) is 4.56. The molecule has 0 unspecified atom stereocenters. The molecular weight excluding hydrogens is 196 g/mol. The van der Waals surface area contributed by atoms with Gasteiger partial charge in [-0.3, -0.25) is 4.79 Å². The zero-order chi connectivity index (χ0) is 12.7. The van der Waals surface area contributed by atoms with Crippen LogP contribution in [0.3, 0.4) is 0 Å². The molecule has 0 amide bonds. The molecule has 0 rings (SSSR count). The Kier molecular flexibility index (Phi) is 6.71. The summed E-state index contributed by atoms with van der Waals surface area (Å²) in [6.07, 6.45) is 5.92. The monoisotopic (exact) mass is 220 g/mol. The Labute approximate surface area is 99.9 Å². The molecule has 90 valence electrons. The van der Waals surface area contributed by atoms with Gasteiger partial charge < -0.3 is 0 Å². The molecule has 0 radical (unpaired) electrons. The van der Waals surface area contributed by atoms with Crippen molar-refractivity contribution >= 4 is 5.78 Å². The first-order valence-corrected chi connectivity index (χ1v) is 5.98. The van der Waals surface area contributed by atoms with Gasteiger partial charge in [0.1, 0.15) is 0 Å². The summed E-state index contributed by atoms with van der Waals surface area (Å²) < 4.78 is 0. The van der Waals surface area contributed by atoms with E-state index in [2.05, 4.69) is 20.4 Å². The Morgan fingerprint density at radius 3 is 2.25 bits per heavy atom. The number of carbonyl (C=O) groups excluding carboxylic acids is 1. The summed E-state index contributed by atoms with van der Waals surface area (Å²) >= 11 is 0. The summed E-state index contributed by atoms with van der Waals surface area (Å²) in [5.74, 6) is 0.239. The topological polar surface area (TPSA) is 17.1 Å². The van der Waals surface area contributed by atoms with Crippen LogP contribution in [0, 0.1) is 5.92 Å². The average molecular weight is 220 g/mol. The molecule has 0 heterocycles. The molecule has 0 aromatic carbocycles. The minimum atomic E-state index is 0.0376. The molecule has 0 spiro atoms. The fraction of sp³-hybridized carbons (Fsp3) is 0.533. The Hall–Kier alpha value is -1.11. The SMILES string of the molecule is C=C/C(C)=C(\C=C(\C)CCC)C(=O)C(C)C. The van der Waals surface area contributed by atoms with E-state index in [1.807, 2.05) is 26.8 Å². The number of carbonyl (C=O) groups is 1. The van der Waals surface area contributed by atoms with Gasteiger partial charge in [0.2, 0.25) is 0 Å². The van der Waals surface area contributed by atoms with Gasteiger partial charge in [-0.2, -0.15) is 0 Å². The van der Waals surface area contributed by atoms with E-state index in [1.54, 1.807) is 6.08 Å². The van der Waals surface area contributed by atoms with Gasteiger partial charge in [0, 0.05) is 11.5 Å². The van der Waals surface area contributed by atoms with E-state index in [4.69, 9.17) is 0 Å². The third kappa shape index (κ3) is 4.61. The van der Waals surface area contributed by atoms with Crippen LogP contribution >= 0.6 is 0 Å². The van der Waals surface area contributed by atoms with E-state index >= 15 is 0 Å². The molecule has 0 aliphatic carbocycles. The van der Waals surface area contributed by atoms with Crippen LogP contribution in [0.15, 0.2) is 35.5 Å². The van der Waals surface area contributed by atoms with Crippen molar-refractivity contribution in [1.82, 2.24) is 0 Å². The summed E-state index contributed by atoms with van der Waals surface area (Å²) in [5.41, 5.74) is 3.04. The first-order chi connectivity index (χ1) is 7.43. The lowest BCUT2D eigenvalue weighted by Crippen LogP contribution is -2.10. The van der Waals surface area contributed by atoms with Gasteiger partial charge in [0.05, 0.1) is 0 Å². The summed E-state index contributed by atoms with van der Waals surface area (Å²) in [4.78, 5) is 12.0. The van der Waals surface area contributed by atoms with E-state index in [1.165, 1.54) is 5.57 Å². The van der Waals surface area contributed by atoms with E-state index in [-0.39, 0.29) is 11.7 Å². The molecule has 0 aliphatic heterocycles. The first kappa shape index (κ1) is 14.9. The smallest absolute Gasteiger partial charge is 0.165 e. The molecule has 0 atom stereocenters. The highest BCUT2D eigenvalue weighted by molar-refractivity contribution is 6.00. The van der Waals surface area contributed by atoms with Gasteiger partial charge in [-0.15, -0.1) is 0 Å². The molecule has 0 aromatic rings. The van der Waals surface area contributed by atoms with E-state index < -0.39 is 0 Å². The van der Waals surface area contributed by atoms with Crippen LogP contribution in [0.1, 0.15) is 47.5 Å². The Balaban J connectivity index is 5.22. The Morgan fingerprint density at radius 1 is 1.31 bits per heavy atom. The van der Waals surface area contributed by atoms with Gasteiger partial charge >= 0.3 is 0 Å². The maximum Gasteiger partial charge on any atom is 0.165 e. The average Bonchev–Trinajstić information content (AvgIpc) is 2.24. The van der Waals surface area contributed by atoms with Crippen molar-refractivity contribution in [2.75, 3.05) is 0 Å². The highest BCUT2D eigenvalue weighted by Crippen LogP contribution is 2.17. The standard InChI is InChI=1S/C15H24O/c1-7-9-12(5)10-14(13(6)8-2)15(16)11(3)4/h8,10-11H,2,7,9H2,1,3-6H3/b12-10-,14-13+. The molecule has 16 heavy (non-hydrogen) atoms. The molecule has 0 saturated carbocycles. The summed E-state index contributed by atoms with van der Waals surface area (Å²) in [7, 11) is 0.